The highest BCUT2D eigenvalue weighted by molar-refractivity contribution is 6.58. The third-order valence-electron chi connectivity index (χ3n) is 6.76. The van der Waals surface area contributed by atoms with Crippen molar-refractivity contribution >= 4 is 51.9 Å². The fourth-order valence-electron chi connectivity index (χ4n) is 4.58. The van der Waals surface area contributed by atoms with Crippen molar-refractivity contribution in [2.24, 2.45) is 0 Å². The second-order valence-corrected chi connectivity index (χ2v) is 10.3. The van der Waals surface area contributed by atoms with Gasteiger partial charge in [0.15, 0.2) is 11.5 Å². The van der Waals surface area contributed by atoms with Crippen molar-refractivity contribution in [3.63, 3.8) is 0 Å². The Bertz CT molecular complexity index is 1930. The summed E-state index contributed by atoms with van der Waals surface area (Å²) in [6.07, 6.45) is 6.85. The van der Waals surface area contributed by atoms with Crippen molar-refractivity contribution < 1.29 is 28.1 Å². The second-order valence-electron chi connectivity index (χ2n) is 10.3. The van der Waals surface area contributed by atoms with Gasteiger partial charge >= 0.3 is 6.01 Å². The van der Waals surface area contributed by atoms with Gasteiger partial charge in [-0.3, -0.25) is 4.79 Å². The van der Waals surface area contributed by atoms with E-state index in [1.807, 2.05) is 6.92 Å². The van der Waals surface area contributed by atoms with Crippen LogP contribution in [0.3, 0.4) is 0 Å². The highest BCUT2D eigenvalue weighted by Crippen LogP contribution is 2.37. The van der Waals surface area contributed by atoms with Crippen LogP contribution in [0.25, 0.3) is 16.6 Å². The van der Waals surface area contributed by atoms with E-state index in [-0.39, 0.29) is 35.3 Å². The molecule has 230 valence electrons. The molecule has 6 radical (unpaired) electrons. The Morgan fingerprint density at radius 2 is 1.89 bits per heavy atom. The van der Waals surface area contributed by atoms with Crippen LogP contribution in [-0.4, -0.2) is 95.2 Å². The largest absolute Gasteiger partial charge is 0.490 e. The summed E-state index contributed by atoms with van der Waals surface area (Å²) in [7, 11) is 16.2. The summed E-state index contributed by atoms with van der Waals surface area (Å²) in [6, 6.07) is 9.25. The molecule has 0 spiro atoms. The number of ether oxygens (including phenoxy) is 4. The van der Waals surface area contributed by atoms with E-state index in [1.54, 1.807) is 35.4 Å². The molecule has 1 aliphatic rings. The summed E-state index contributed by atoms with van der Waals surface area (Å²) in [5.41, 5.74) is 1.18. The van der Waals surface area contributed by atoms with Gasteiger partial charge in [-0.25, -0.2) is 29.0 Å². The number of amides is 1. The first kappa shape index (κ1) is 31.4. The number of anilines is 2. The number of hydrogen-bond donors (Lipinski definition) is 1. The minimum Gasteiger partial charge on any atom is -0.490 e. The lowest BCUT2D eigenvalue weighted by Crippen LogP contribution is -2.55. The lowest BCUT2D eigenvalue weighted by Gasteiger charge is -2.38. The Balaban J connectivity index is 1.16. The van der Waals surface area contributed by atoms with E-state index in [1.165, 1.54) is 41.6 Å². The lowest BCUT2D eigenvalue weighted by atomic mass is 9.52. The predicted molar refractivity (Wildman–Crippen MR) is 171 cm³/mol. The molecular formula is C30H24B3FN8O5. The molecule has 4 heterocycles. The van der Waals surface area contributed by atoms with Crippen LogP contribution in [0.1, 0.15) is 6.92 Å². The number of carbonyl (C=O) groups excluding carboxylic acids is 1. The molecule has 17 heteroatoms. The summed E-state index contributed by atoms with van der Waals surface area (Å²) in [5, 5.41) is 6.00. The third kappa shape index (κ3) is 7.29. The van der Waals surface area contributed by atoms with Crippen LogP contribution in [0.15, 0.2) is 74.0 Å². The van der Waals surface area contributed by atoms with E-state index in [0.29, 0.717) is 53.6 Å². The predicted octanol–water partition coefficient (Wildman–Crippen LogP) is 2.95. The van der Waals surface area contributed by atoms with Crippen LogP contribution in [0.4, 0.5) is 15.9 Å². The molecule has 1 aliphatic heterocycles. The summed E-state index contributed by atoms with van der Waals surface area (Å²) in [4.78, 5) is 30.1. The molecule has 0 saturated carbocycles. The Morgan fingerprint density at radius 3 is 2.60 bits per heavy atom. The summed E-state index contributed by atoms with van der Waals surface area (Å²) >= 11 is 0. The lowest BCUT2D eigenvalue weighted by molar-refractivity contribution is -0.134. The van der Waals surface area contributed by atoms with Crippen molar-refractivity contribution in [3.05, 3.63) is 79.8 Å². The minimum atomic E-state index is -1.92. The Labute approximate surface area is 272 Å². The first-order chi connectivity index (χ1) is 22.6. The van der Waals surface area contributed by atoms with E-state index in [0.717, 1.165) is 0 Å². The Morgan fingerprint density at radius 1 is 1.11 bits per heavy atom. The van der Waals surface area contributed by atoms with Gasteiger partial charge < -0.3 is 29.2 Å². The Hall–Kier alpha value is -5.60. The van der Waals surface area contributed by atoms with Gasteiger partial charge in [-0.2, -0.15) is 0 Å². The highest BCUT2D eigenvalue weighted by Gasteiger charge is 2.32. The summed E-state index contributed by atoms with van der Waals surface area (Å²) < 4.78 is 39.5. The van der Waals surface area contributed by atoms with Crippen molar-refractivity contribution in [2.75, 3.05) is 25.0 Å². The zero-order chi connectivity index (χ0) is 33.1. The first-order valence-electron chi connectivity index (χ1n) is 14.3. The van der Waals surface area contributed by atoms with Crippen molar-refractivity contribution in [2.45, 2.75) is 18.3 Å². The number of fused-ring (bicyclic) bond motifs is 1. The van der Waals surface area contributed by atoms with Crippen LogP contribution in [-0.2, 0) is 4.79 Å². The van der Waals surface area contributed by atoms with E-state index < -0.39 is 11.1 Å². The van der Waals surface area contributed by atoms with Crippen LogP contribution in [0.5, 0.6) is 29.1 Å². The van der Waals surface area contributed by atoms with Crippen LogP contribution >= 0.6 is 0 Å². The monoisotopic (exact) mass is 628 g/mol. The van der Waals surface area contributed by atoms with Crippen LogP contribution < -0.4 is 24.3 Å². The number of nitrogens with one attached hydrogen (secondary N) is 1. The average molecular weight is 628 g/mol. The molecule has 2 aromatic carbocycles. The molecule has 0 atom stereocenters. The smallest absolute Gasteiger partial charge is 0.314 e. The van der Waals surface area contributed by atoms with Crippen molar-refractivity contribution in [1.82, 2.24) is 34.6 Å². The maximum atomic E-state index is 15.3. The fraction of sp³-hybridized carbons (Fsp3) is 0.200. The molecule has 3 aromatic heterocycles. The molecule has 1 saturated heterocycles. The number of carbonyl (C=O) groups is 1. The molecule has 5 aromatic rings. The second kappa shape index (κ2) is 13.0. The molecule has 0 aliphatic carbocycles. The number of aromatic nitrogens is 6. The molecule has 47 heavy (non-hydrogen) atoms. The molecular weight excluding hydrogens is 604 g/mol. The van der Waals surface area contributed by atoms with E-state index >= 15 is 4.39 Å². The van der Waals surface area contributed by atoms with Gasteiger partial charge in [0.1, 0.15) is 59.0 Å². The number of nitrogens with zero attached hydrogens (tertiary/aromatic N) is 7. The van der Waals surface area contributed by atoms with Crippen LogP contribution in [0.2, 0.25) is 0 Å². The van der Waals surface area contributed by atoms with Gasteiger partial charge in [0, 0.05) is 29.8 Å². The highest BCUT2D eigenvalue weighted by atomic mass is 19.1. The third-order valence-corrected chi connectivity index (χ3v) is 6.76. The number of hydrogen-bond acceptors (Lipinski definition) is 11. The van der Waals surface area contributed by atoms with E-state index in [9.17, 15) is 4.79 Å². The molecule has 1 fully saturated rings. The normalized spacial score (nSPS) is 13.1. The van der Waals surface area contributed by atoms with Crippen molar-refractivity contribution in [1.29, 1.82) is 0 Å². The molecule has 13 nitrogen and oxygen atoms in total. The molecule has 6 rings (SSSR count). The SMILES string of the molecule is [B]C([B])([B])Oc1ncc(-n2ccc(Oc3ccc(Nc4ncnc5cc(OCC)c(OC6CN(C(=O)C=C)C6)cc45)c(F)c3)n2)cn1. The topological polar surface area (TPSA) is 139 Å². The number of halogens is 1. The molecule has 1 N–H and O–H groups in total. The number of likely N-dealkylation sites (tertiary alicyclic amines) is 1. The quantitative estimate of drug-likeness (QED) is 0.161. The minimum absolute atomic E-state index is 0.114. The standard InChI is InChI=1S/C30H24B3FN8O5/c1-3-27(43)41-14-19(15-41)45-25-10-20-23(11-24(25)44-4-2)37-16-38-28(20)39-22-6-5-18(9-21(22)34)46-26-7-8-42(40-26)17-12-35-29(36-13-17)47-30(31,32)33/h3,5-13,16,19H,1,4,14-15H2,2H3,(H,37,38,39). The van der Waals surface area contributed by atoms with Gasteiger partial charge in [0.05, 0.1) is 43.3 Å². The average Bonchev–Trinajstić information content (AvgIpc) is 3.48. The maximum absolute atomic E-state index is 15.3. The zero-order valence-electron chi connectivity index (χ0n) is 25.0. The number of benzene rings is 2. The number of rotatable bonds is 12. The van der Waals surface area contributed by atoms with Gasteiger partial charge in [0.25, 0.3) is 0 Å². The molecule has 0 unspecified atom stereocenters. The van der Waals surface area contributed by atoms with Gasteiger partial charge in [-0.1, -0.05) is 6.58 Å². The Kier molecular flexibility index (Phi) is 8.70. The van der Waals surface area contributed by atoms with Crippen molar-refractivity contribution in [3.8, 4) is 34.8 Å². The van der Waals surface area contributed by atoms with E-state index in [4.69, 9.17) is 42.5 Å². The van der Waals surface area contributed by atoms with E-state index in [2.05, 4.69) is 36.9 Å². The molecule has 1 amide bonds. The van der Waals surface area contributed by atoms with Gasteiger partial charge in [-0.15, -0.1) is 5.10 Å². The van der Waals surface area contributed by atoms with Crippen LogP contribution in [0, 0.1) is 5.82 Å². The fourth-order valence-corrected chi connectivity index (χ4v) is 4.58. The maximum Gasteiger partial charge on any atom is 0.314 e. The summed E-state index contributed by atoms with van der Waals surface area (Å²) in [5.74, 6) is 0.936. The first-order valence-corrected chi connectivity index (χ1v) is 14.3. The summed E-state index contributed by atoms with van der Waals surface area (Å²) in [6.45, 7) is 6.61. The van der Waals surface area contributed by atoms with Gasteiger partial charge in [-0.05, 0) is 36.5 Å². The zero-order valence-corrected chi connectivity index (χ0v) is 25.0. The molecule has 0 bridgehead atoms. The van der Waals surface area contributed by atoms with Gasteiger partial charge in [0.2, 0.25) is 11.8 Å².